The summed E-state index contributed by atoms with van der Waals surface area (Å²) in [6, 6.07) is 13.9. The smallest absolute Gasteiger partial charge is 0.416 e. The molecule has 0 radical (unpaired) electrons. The summed E-state index contributed by atoms with van der Waals surface area (Å²) in [6.07, 6.45) is 0.780. The van der Waals surface area contributed by atoms with Gasteiger partial charge >= 0.3 is 18.2 Å². The Balaban J connectivity index is 1.76. The van der Waals surface area contributed by atoms with E-state index in [0.29, 0.717) is 37.3 Å². The highest BCUT2D eigenvalue weighted by molar-refractivity contribution is 5.76. The molecule has 45 heavy (non-hydrogen) atoms. The normalized spacial score (nSPS) is 15.0. The van der Waals surface area contributed by atoms with Crippen molar-refractivity contribution >= 4 is 12.0 Å². The van der Waals surface area contributed by atoms with Crippen LogP contribution in [0, 0.1) is 11.6 Å². The van der Waals surface area contributed by atoms with Gasteiger partial charge in [-0.2, -0.15) is 13.2 Å². The zero-order valence-corrected chi connectivity index (χ0v) is 24.8. The van der Waals surface area contributed by atoms with Gasteiger partial charge in [-0.1, -0.05) is 62.1 Å². The molecule has 242 valence electrons. The molecule has 3 aromatic rings. The SMILES string of the molecule is O=C(O)CCCCCCOc1cc([C@@](Cc2ccccc2)(NC(=O)NC2CCCC2)c2cc(F)cc(C(F)(F)F)c2)ccc1F. The van der Waals surface area contributed by atoms with Crippen LogP contribution in [0.3, 0.4) is 0 Å². The second-order valence-electron chi connectivity index (χ2n) is 11.4. The van der Waals surface area contributed by atoms with E-state index >= 15 is 4.39 Å². The quantitative estimate of drug-likeness (QED) is 0.124. The first-order valence-corrected chi connectivity index (χ1v) is 15.1. The zero-order chi connectivity index (χ0) is 32.5. The van der Waals surface area contributed by atoms with Crippen LogP contribution in [0.25, 0.3) is 0 Å². The Morgan fingerprint density at radius 1 is 0.844 bits per heavy atom. The van der Waals surface area contributed by atoms with Crippen molar-refractivity contribution in [3.63, 3.8) is 0 Å². The number of carbonyl (C=O) groups is 2. The highest BCUT2D eigenvalue weighted by Crippen LogP contribution is 2.40. The minimum Gasteiger partial charge on any atom is -0.491 e. The first-order valence-electron chi connectivity index (χ1n) is 15.1. The lowest BCUT2D eigenvalue weighted by atomic mass is 9.77. The number of carboxylic acid groups (broad SMARTS) is 1. The number of amides is 2. The number of rotatable bonds is 14. The molecule has 1 fully saturated rings. The highest BCUT2D eigenvalue weighted by atomic mass is 19.4. The van der Waals surface area contributed by atoms with Gasteiger partial charge in [0, 0.05) is 18.9 Å². The number of halogens is 5. The number of hydrogen-bond donors (Lipinski definition) is 3. The van der Waals surface area contributed by atoms with Crippen LogP contribution in [0.2, 0.25) is 0 Å². The molecule has 0 aliphatic heterocycles. The molecule has 3 N–H and O–H groups in total. The van der Waals surface area contributed by atoms with E-state index in [1.165, 1.54) is 12.1 Å². The molecule has 1 aliphatic carbocycles. The largest absolute Gasteiger partial charge is 0.491 e. The van der Waals surface area contributed by atoms with E-state index in [-0.39, 0.29) is 42.4 Å². The average molecular weight is 633 g/mol. The van der Waals surface area contributed by atoms with Crippen LogP contribution in [0.5, 0.6) is 5.75 Å². The minimum atomic E-state index is -4.87. The van der Waals surface area contributed by atoms with Crippen molar-refractivity contribution in [2.45, 2.75) is 82.0 Å². The fourth-order valence-electron chi connectivity index (χ4n) is 5.74. The molecule has 2 amide bonds. The summed E-state index contributed by atoms with van der Waals surface area (Å²) < 4.78 is 77.5. The number of benzene rings is 3. The molecule has 1 atom stereocenters. The number of aliphatic carboxylic acids is 1. The minimum absolute atomic E-state index is 0.0541. The van der Waals surface area contributed by atoms with Gasteiger partial charge in [0.05, 0.1) is 17.7 Å². The fourth-order valence-corrected chi connectivity index (χ4v) is 5.74. The number of carbonyl (C=O) groups excluding carboxylic acids is 1. The predicted octanol–water partition coefficient (Wildman–Crippen LogP) is 8.13. The predicted molar refractivity (Wildman–Crippen MR) is 159 cm³/mol. The summed E-state index contributed by atoms with van der Waals surface area (Å²) in [5.41, 5.74) is -2.34. The van der Waals surface area contributed by atoms with Gasteiger partial charge in [0.2, 0.25) is 0 Å². The number of hydrogen-bond acceptors (Lipinski definition) is 3. The van der Waals surface area contributed by atoms with Crippen LogP contribution >= 0.6 is 0 Å². The van der Waals surface area contributed by atoms with Crippen LogP contribution in [-0.2, 0) is 22.9 Å². The summed E-state index contributed by atoms with van der Waals surface area (Å²) in [5, 5.41) is 14.6. The first kappa shape index (κ1) is 33.7. The summed E-state index contributed by atoms with van der Waals surface area (Å²) in [5.74, 6) is -2.92. The van der Waals surface area contributed by atoms with Crippen molar-refractivity contribution in [1.82, 2.24) is 10.6 Å². The molecule has 0 heterocycles. The van der Waals surface area contributed by atoms with Gasteiger partial charge in [-0.05, 0) is 72.7 Å². The van der Waals surface area contributed by atoms with Crippen LogP contribution in [0.4, 0.5) is 26.7 Å². The number of ether oxygens (including phenoxy) is 1. The third kappa shape index (κ3) is 9.42. The van der Waals surface area contributed by atoms with E-state index in [1.807, 2.05) is 0 Å². The van der Waals surface area contributed by atoms with Gasteiger partial charge in [0.15, 0.2) is 11.6 Å². The van der Waals surface area contributed by atoms with E-state index in [4.69, 9.17) is 9.84 Å². The van der Waals surface area contributed by atoms with E-state index in [2.05, 4.69) is 10.6 Å². The molecule has 4 rings (SSSR count). The number of alkyl halides is 3. The van der Waals surface area contributed by atoms with Crippen LogP contribution in [0.15, 0.2) is 66.7 Å². The van der Waals surface area contributed by atoms with Crippen molar-refractivity contribution < 1.29 is 41.4 Å². The van der Waals surface area contributed by atoms with E-state index < -0.39 is 40.9 Å². The molecule has 6 nitrogen and oxygen atoms in total. The molecule has 0 saturated heterocycles. The Kier molecular flexibility index (Phi) is 11.4. The fraction of sp³-hybridized carbons (Fsp3) is 0.412. The topological polar surface area (TPSA) is 87.7 Å². The summed E-state index contributed by atoms with van der Waals surface area (Å²) in [6.45, 7) is 0.104. The number of carboxylic acids is 1. The van der Waals surface area contributed by atoms with E-state index in [0.717, 1.165) is 43.9 Å². The lowest BCUT2D eigenvalue weighted by Crippen LogP contribution is -2.53. The van der Waals surface area contributed by atoms with Gasteiger partial charge in [-0.15, -0.1) is 0 Å². The Bertz CT molecular complexity index is 1440. The number of unbranched alkanes of at least 4 members (excludes halogenated alkanes) is 3. The first-order chi connectivity index (χ1) is 21.5. The third-order valence-corrected chi connectivity index (χ3v) is 8.01. The molecular formula is C34H37F5N2O4. The second kappa shape index (κ2) is 15.2. The van der Waals surface area contributed by atoms with E-state index in [9.17, 15) is 27.2 Å². The monoisotopic (exact) mass is 632 g/mol. The second-order valence-corrected chi connectivity index (χ2v) is 11.4. The van der Waals surface area contributed by atoms with Crippen LogP contribution in [0.1, 0.15) is 80.0 Å². The summed E-state index contributed by atoms with van der Waals surface area (Å²) in [7, 11) is 0. The standard InChI is InChI=1S/C34H37F5N2O4/c35-27-19-25(18-26(20-27)34(37,38)39)33(22-23-10-4-3-5-11-23,41-32(44)40-28-12-7-8-13-28)24-15-16-29(36)30(21-24)45-17-9-2-1-6-14-31(42)43/h3-5,10-11,15-16,18-21,28H,1-2,6-9,12-14,17,22H2,(H,42,43)(H2,40,41,44)/t33-/m1/s1. The molecule has 1 aliphatic rings. The lowest BCUT2D eigenvalue weighted by molar-refractivity contribution is -0.138. The zero-order valence-electron chi connectivity index (χ0n) is 24.8. The molecule has 0 bridgehead atoms. The van der Waals surface area contributed by atoms with Crippen LogP contribution < -0.4 is 15.4 Å². The van der Waals surface area contributed by atoms with Crippen molar-refractivity contribution in [2.75, 3.05) is 6.61 Å². The summed E-state index contributed by atoms with van der Waals surface area (Å²) >= 11 is 0. The lowest BCUT2D eigenvalue weighted by Gasteiger charge is -2.37. The molecular weight excluding hydrogens is 595 g/mol. The molecule has 0 spiro atoms. The molecule has 11 heteroatoms. The van der Waals surface area contributed by atoms with Gasteiger partial charge in [-0.3, -0.25) is 4.79 Å². The maximum absolute atomic E-state index is 15.0. The average Bonchev–Trinajstić information content (AvgIpc) is 3.49. The Morgan fingerprint density at radius 3 is 2.22 bits per heavy atom. The van der Waals surface area contributed by atoms with Gasteiger partial charge in [-0.25, -0.2) is 13.6 Å². The molecule has 0 unspecified atom stereocenters. The number of urea groups is 1. The highest BCUT2D eigenvalue weighted by Gasteiger charge is 2.40. The Hall–Kier alpha value is -4.15. The Morgan fingerprint density at radius 2 is 1.53 bits per heavy atom. The van der Waals surface area contributed by atoms with Gasteiger partial charge < -0.3 is 20.5 Å². The maximum Gasteiger partial charge on any atom is 0.416 e. The molecule has 1 saturated carbocycles. The molecule has 3 aromatic carbocycles. The van der Waals surface area contributed by atoms with Crippen molar-refractivity contribution in [1.29, 1.82) is 0 Å². The van der Waals surface area contributed by atoms with Crippen molar-refractivity contribution in [2.24, 2.45) is 0 Å². The van der Waals surface area contributed by atoms with Gasteiger partial charge in [0.1, 0.15) is 5.82 Å². The Labute approximate surface area is 259 Å². The van der Waals surface area contributed by atoms with E-state index in [1.54, 1.807) is 30.3 Å². The van der Waals surface area contributed by atoms with Gasteiger partial charge in [0.25, 0.3) is 0 Å². The molecule has 0 aromatic heterocycles. The number of nitrogens with one attached hydrogen (secondary N) is 2. The van der Waals surface area contributed by atoms with Crippen molar-refractivity contribution in [3.8, 4) is 5.75 Å². The summed E-state index contributed by atoms with van der Waals surface area (Å²) in [4.78, 5) is 24.2. The maximum atomic E-state index is 15.0. The third-order valence-electron chi connectivity index (χ3n) is 8.01. The van der Waals surface area contributed by atoms with Crippen LogP contribution in [-0.4, -0.2) is 29.8 Å². The van der Waals surface area contributed by atoms with Crippen molar-refractivity contribution in [3.05, 3.63) is 101 Å².